The van der Waals surface area contributed by atoms with E-state index in [1.165, 1.54) is 12.1 Å². The summed E-state index contributed by atoms with van der Waals surface area (Å²) in [5, 5.41) is 3.22. The molecule has 0 aliphatic rings. The predicted molar refractivity (Wildman–Crippen MR) is 84.3 cm³/mol. The lowest BCUT2D eigenvalue weighted by Gasteiger charge is -2.14. The van der Waals surface area contributed by atoms with Crippen molar-refractivity contribution < 1.29 is 26.7 Å². The molecule has 0 amide bonds. The summed E-state index contributed by atoms with van der Waals surface area (Å²) < 4.78 is 58.2. The van der Waals surface area contributed by atoms with E-state index < -0.39 is 12.4 Å². The van der Waals surface area contributed by atoms with Crippen LogP contribution in [0.4, 0.5) is 17.6 Å². The molecule has 0 radical (unpaired) electrons. The zero-order valence-electron chi connectivity index (χ0n) is 12.8. The van der Waals surface area contributed by atoms with Gasteiger partial charge in [-0.1, -0.05) is 23.9 Å². The Bertz CT molecular complexity index is 619. The number of nitrogens with one attached hydrogen (secondary N) is 1. The van der Waals surface area contributed by atoms with Gasteiger partial charge in [-0.15, -0.1) is 0 Å². The van der Waals surface area contributed by atoms with Crippen LogP contribution in [0.3, 0.4) is 0 Å². The van der Waals surface area contributed by atoms with Gasteiger partial charge in [-0.25, -0.2) is 0 Å². The Morgan fingerprint density at radius 1 is 1.04 bits per heavy atom. The van der Waals surface area contributed by atoms with Crippen LogP contribution in [-0.4, -0.2) is 12.4 Å². The van der Waals surface area contributed by atoms with Crippen LogP contribution < -0.4 is 10.1 Å². The molecule has 0 bridgehead atoms. The Morgan fingerprint density at radius 3 is 2.33 bits per heavy atom. The van der Waals surface area contributed by atoms with Crippen molar-refractivity contribution in [2.24, 2.45) is 0 Å². The highest BCUT2D eigenvalue weighted by molar-refractivity contribution is 7.98. The lowest BCUT2D eigenvalue weighted by molar-refractivity contribution is -0.0498. The Labute approximate surface area is 141 Å². The summed E-state index contributed by atoms with van der Waals surface area (Å²) in [4.78, 5) is 0. The minimum atomic E-state index is -2.84. The van der Waals surface area contributed by atoms with Crippen LogP contribution >= 0.6 is 11.8 Å². The number of alkyl halides is 4. The summed E-state index contributed by atoms with van der Waals surface area (Å²) in [5.41, 5.74) is 0.900. The molecule has 0 aliphatic heterocycles. The fourth-order valence-electron chi connectivity index (χ4n) is 2.05. The van der Waals surface area contributed by atoms with Crippen molar-refractivity contribution in [2.45, 2.75) is 37.6 Å². The Hall–Kier alpha value is -1.67. The quantitative estimate of drug-likeness (QED) is 0.622. The summed E-state index contributed by atoms with van der Waals surface area (Å²) in [6.45, 7) is -0.502. The van der Waals surface area contributed by atoms with E-state index >= 15 is 0 Å². The van der Waals surface area contributed by atoms with Gasteiger partial charge < -0.3 is 14.5 Å². The standard InChI is InChI=1S/C16H17F4NO2S/c1-10(11-2-4-12(5-3-11)23-15(17)18)21-8-13-6-7-14(22-13)9-24-16(19)20/h2-7,10,15-16,21H,8-9H2,1H3. The largest absolute Gasteiger partial charge is 0.464 e. The Kier molecular flexibility index (Phi) is 6.99. The molecular formula is C16H17F4NO2S. The van der Waals surface area contributed by atoms with E-state index in [9.17, 15) is 17.6 Å². The van der Waals surface area contributed by atoms with Crippen molar-refractivity contribution in [3.8, 4) is 5.75 Å². The molecule has 0 saturated carbocycles. The molecule has 1 unspecified atom stereocenters. The second-order valence-electron chi connectivity index (χ2n) is 4.99. The number of hydrogen-bond donors (Lipinski definition) is 1. The van der Waals surface area contributed by atoms with E-state index in [0.717, 1.165) is 5.56 Å². The van der Waals surface area contributed by atoms with Gasteiger partial charge in [0.25, 0.3) is 5.76 Å². The van der Waals surface area contributed by atoms with Gasteiger partial charge in [-0.2, -0.15) is 17.6 Å². The highest BCUT2D eigenvalue weighted by atomic mass is 32.2. The number of hydrogen-bond acceptors (Lipinski definition) is 4. The monoisotopic (exact) mass is 363 g/mol. The minimum Gasteiger partial charge on any atom is -0.464 e. The van der Waals surface area contributed by atoms with Crippen LogP contribution in [0.5, 0.6) is 5.75 Å². The molecule has 1 N–H and O–H groups in total. The molecule has 24 heavy (non-hydrogen) atoms. The number of ether oxygens (including phenoxy) is 1. The van der Waals surface area contributed by atoms with Crippen LogP contribution in [0.25, 0.3) is 0 Å². The molecule has 0 fully saturated rings. The normalized spacial score (nSPS) is 12.8. The van der Waals surface area contributed by atoms with Crippen LogP contribution in [0.1, 0.15) is 30.0 Å². The highest BCUT2D eigenvalue weighted by Crippen LogP contribution is 2.22. The molecule has 8 heteroatoms. The smallest absolute Gasteiger partial charge is 0.387 e. The first-order valence-electron chi connectivity index (χ1n) is 7.19. The summed E-state index contributed by atoms with van der Waals surface area (Å²) in [5.74, 6) is -1.05. The molecule has 1 aromatic heterocycles. The lowest BCUT2D eigenvalue weighted by Crippen LogP contribution is -2.17. The molecule has 0 aliphatic carbocycles. The first kappa shape index (κ1) is 18.7. The predicted octanol–water partition coefficient (Wildman–Crippen LogP) is 5.19. The molecule has 0 saturated heterocycles. The number of rotatable bonds is 9. The summed E-state index contributed by atoms with van der Waals surface area (Å²) >= 11 is 0.512. The van der Waals surface area contributed by atoms with Crippen LogP contribution in [0.15, 0.2) is 40.8 Å². The van der Waals surface area contributed by atoms with Gasteiger partial charge in [-0.05, 0) is 36.8 Å². The molecule has 1 aromatic carbocycles. The molecule has 2 aromatic rings. The SMILES string of the molecule is CC(NCc1ccc(CSC(F)F)o1)c1ccc(OC(F)F)cc1. The highest BCUT2D eigenvalue weighted by Gasteiger charge is 2.10. The first-order valence-corrected chi connectivity index (χ1v) is 8.24. The van der Waals surface area contributed by atoms with E-state index in [1.807, 2.05) is 6.92 Å². The number of halogens is 4. The minimum absolute atomic E-state index is 0.0467. The fraction of sp³-hybridized carbons (Fsp3) is 0.375. The van der Waals surface area contributed by atoms with Crippen molar-refractivity contribution >= 4 is 11.8 Å². The van der Waals surface area contributed by atoms with E-state index in [4.69, 9.17) is 4.42 Å². The van der Waals surface area contributed by atoms with E-state index in [0.29, 0.717) is 29.8 Å². The fourth-order valence-corrected chi connectivity index (χ4v) is 2.49. The molecule has 3 nitrogen and oxygen atoms in total. The second kappa shape index (κ2) is 8.98. The zero-order valence-corrected chi connectivity index (χ0v) is 13.7. The van der Waals surface area contributed by atoms with Gasteiger partial charge >= 0.3 is 6.61 Å². The molecule has 2 rings (SSSR count). The van der Waals surface area contributed by atoms with Crippen molar-refractivity contribution in [2.75, 3.05) is 0 Å². The van der Waals surface area contributed by atoms with E-state index in [2.05, 4.69) is 10.1 Å². The van der Waals surface area contributed by atoms with Gasteiger partial charge in [0.2, 0.25) is 0 Å². The van der Waals surface area contributed by atoms with Gasteiger partial charge in [0, 0.05) is 6.04 Å². The second-order valence-corrected chi connectivity index (χ2v) is 5.97. The van der Waals surface area contributed by atoms with Gasteiger partial charge in [-0.3, -0.25) is 0 Å². The average Bonchev–Trinajstić information content (AvgIpc) is 2.99. The van der Waals surface area contributed by atoms with Gasteiger partial charge in [0.1, 0.15) is 17.3 Å². The summed E-state index contributed by atoms with van der Waals surface area (Å²) in [7, 11) is 0. The average molecular weight is 363 g/mol. The summed E-state index contributed by atoms with van der Waals surface area (Å²) in [6, 6.07) is 9.71. The van der Waals surface area contributed by atoms with Crippen molar-refractivity contribution in [1.82, 2.24) is 5.32 Å². The van der Waals surface area contributed by atoms with Crippen LogP contribution in [0, 0.1) is 0 Å². The van der Waals surface area contributed by atoms with Gasteiger partial charge in [0.05, 0.1) is 12.3 Å². The summed E-state index contributed by atoms with van der Waals surface area (Å²) in [6.07, 6.45) is 0. The molecular weight excluding hydrogens is 346 g/mol. The third kappa shape index (κ3) is 6.09. The first-order chi connectivity index (χ1) is 11.4. The number of furan rings is 1. The lowest BCUT2D eigenvalue weighted by atomic mass is 10.1. The van der Waals surface area contributed by atoms with Gasteiger partial charge in [0.15, 0.2) is 0 Å². The van der Waals surface area contributed by atoms with E-state index in [1.54, 1.807) is 24.3 Å². The zero-order chi connectivity index (χ0) is 17.5. The topological polar surface area (TPSA) is 34.4 Å². The Balaban J connectivity index is 1.83. The molecule has 1 heterocycles. The third-order valence-electron chi connectivity index (χ3n) is 3.26. The maximum Gasteiger partial charge on any atom is 0.387 e. The van der Waals surface area contributed by atoms with Crippen LogP contribution in [0.2, 0.25) is 0 Å². The van der Waals surface area contributed by atoms with E-state index in [-0.39, 0.29) is 17.5 Å². The van der Waals surface area contributed by atoms with Crippen molar-refractivity contribution in [3.05, 3.63) is 53.5 Å². The maximum absolute atomic E-state index is 12.1. The number of thioether (sulfide) groups is 1. The molecule has 1 atom stereocenters. The third-order valence-corrected chi connectivity index (χ3v) is 3.96. The Morgan fingerprint density at radius 2 is 1.71 bits per heavy atom. The maximum atomic E-state index is 12.1. The van der Waals surface area contributed by atoms with Crippen LogP contribution in [-0.2, 0) is 12.3 Å². The van der Waals surface area contributed by atoms with Crippen molar-refractivity contribution in [1.29, 1.82) is 0 Å². The molecule has 132 valence electrons. The van der Waals surface area contributed by atoms with Crippen molar-refractivity contribution in [3.63, 3.8) is 0 Å². The molecule has 0 spiro atoms. The number of benzene rings is 1.